The standard InChI is InChI=1S/C15H17N/c1-15(2)9-14-8-13(10-16(14)11-15)12-6-4-3-5-7-12/h3-8,10H,9,11H2,1-2H3. The Morgan fingerprint density at radius 3 is 2.50 bits per heavy atom. The van der Waals surface area contributed by atoms with Gasteiger partial charge in [-0.3, -0.25) is 0 Å². The predicted molar refractivity (Wildman–Crippen MR) is 67.4 cm³/mol. The molecule has 1 aromatic carbocycles. The average molecular weight is 211 g/mol. The Labute approximate surface area is 96.7 Å². The van der Waals surface area contributed by atoms with Gasteiger partial charge in [0.15, 0.2) is 0 Å². The Kier molecular flexibility index (Phi) is 1.97. The van der Waals surface area contributed by atoms with E-state index in [1.54, 1.807) is 0 Å². The first-order valence-electron chi connectivity index (χ1n) is 5.89. The van der Waals surface area contributed by atoms with Crippen molar-refractivity contribution in [1.82, 2.24) is 4.57 Å². The second-order valence-corrected chi connectivity index (χ2v) is 5.56. The molecule has 0 saturated carbocycles. The van der Waals surface area contributed by atoms with E-state index in [1.165, 1.54) is 23.2 Å². The summed E-state index contributed by atoms with van der Waals surface area (Å²) in [7, 11) is 0. The van der Waals surface area contributed by atoms with Crippen LogP contribution in [0.4, 0.5) is 0 Å². The number of nitrogens with zero attached hydrogens (tertiary/aromatic N) is 1. The first-order valence-corrected chi connectivity index (χ1v) is 5.89. The molecule has 1 heteroatoms. The van der Waals surface area contributed by atoms with Crippen LogP contribution >= 0.6 is 0 Å². The van der Waals surface area contributed by atoms with E-state index in [2.05, 4.69) is 61.0 Å². The maximum atomic E-state index is 2.41. The second kappa shape index (κ2) is 3.24. The number of benzene rings is 1. The highest BCUT2D eigenvalue weighted by atomic mass is 15.0. The van der Waals surface area contributed by atoms with Gasteiger partial charge in [-0.25, -0.2) is 0 Å². The fourth-order valence-electron chi connectivity index (χ4n) is 2.65. The van der Waals surface area contributed by atoms with Crippen molar-refractivity contribution >= 4 is 0 Å². The van der Waals surface area contributed by atoms with Crippen molar-refractivity contribution < 1.29 is 0 Å². The summed E-state index contributed by atoms with van der Waals surface area (Å²) < 4.78 is 2.41. The summed E-state index contributed by atoms with van der Waals surface area (Å²) in [4.78, 5) is 0. The normalized spacial score (nSPS) is 17.4. The number of hydrogen-bond donors (Lipinski definition) is 0. The molecule has 16 heavy (non-hydrogen) atoms. The lowest BCUT2D eigenvalue weighted by molar-refractivity contribution is 0.359. The molecule has 0 spiro atoms. The van der Waals surface area contributed by atoms with Crippen molar-refractivity contribution in [3.05, 3.63) is 48.3 Å². The van der Waals surface area contributed by atoms with E-state index in [-0.39, 0.29) is 0 Å². The van der Waals surface area contributed by atoms with E-state index in [4.69, 9.17) is 0 Å². The maximum absolute atomic E-state index is 2.41. The lowest BCUT2D eigenvalue weighted by Crippen LogP contribution is -2.11. The number of hydrogen-bond acceptors (Lipinski definition) is 0. The quantitative estimate of drug-likeness (QED) is 0.677. The van der Waals surface area contributed by atoms with Crippen LogP contribution in [0.2, 0.25) is 0 Å². The van der Waals surface area contributed by atoms with Gasteiger partial charge in [-0.15, -0.1) is 0 Å². The van der Waals surface area contributed by atoms with E-state index >= 15 is 0 Å². The van der Waals surface area contributed by atoms with E-state index in [0.29, 0.717) is 5.41 Å². The van der Waals surface area contributed by atoms with Gasteiger partial charge in [-0.05, 0) is 29.0 Å². The largest absolute Gasteiger partial charge is 0.350 e. The molecule has 2 aromatic rings. The molecule has 3 rings (SSSR count). The minimum Gasteiger partial charge on any atom is -0.350 e. The summed E-state index contributed by atoms with van der Waals surface area (Å²) in [6, 6.07) is 13.0. The molecule has 0 aliphatic carbocycles. The monoisotopic (exact) mass is 211 g/mol. The van der Waals surface area contributed by atoms with Gasteiger partial charge in [-0.2, -0.15) is 0 Å². The third-order valence-electron chi connectivity index (χ3n) is 3.35. The second-order valence-electron chi connectivity index (χ2n) is 5.56. The van der Waals surface area contributed by atoms with Crippen LogP contribution in [0.25, 0.3) is 11.1 Å². The van der Waals surface area contributed by atoms with E-state index in [0.717, 1.165) is 6.54 Å². The third-order valence-corrected chi connectivity index (χ3v) is 3.35. The average Bonchev–Trinajstić information content (AvgIpc) is 2.72. The van der Waals surface area contributed by atoms with Crippen molar-refractivity contribution in [2.75, 3.05) is 0 Å². The predicted octanol–water partition coefficient (Wildman–Crippen LogP) is 3.74. The van der Waals surface area contributed by atoms with Gasteiger partial charge < -0.3 is 4.57 Å². The van der Waals surface area contributed by atoms with Crippen LogP contribution in [-0.2, 0) is 13.0 Å². The Balaban J connectivity index is 1.98. The molecule has 0 N–H and O–H groups in total. The molecule has 0 fully saturated rings. The molecule has 0 atom stereocenters. The Hall–Kier alpha value is -1.50. The van der Waals surface area contributed by atoms with Gasteiger partial charge in [0.2, 0.25) is 0 Å². The Morgan fingerprint density at radius 1 is 1.06 bits per heavy atom. The van der Waals surface area contributed by atoms with Crippen LogP contribution < -0.4 is 0 Å². The van der Waals surface area contributed by atoms with Gasteiger partial charge in [-0.1, -0.05) is 44.2 Å². The zero-order valence-electron chi connectivity index (χ0n) is 9.90. The minimum atomic E-state index is 0.435. The first-order chi connectivity index (χ1) is 7.64. The fraction of sp³-hybridized carbons (Fsp3) is 0.333. The highest BCUT2D eigenvalue weighted by Gasteiger charge is 2.28. The minimum absolute atomic E-state index is 0.435. The molecule has 0 saturated heterocycles. The van der Waals surface area contributed by atoms with Crippen molar-refractivity contribution in [3.8, 4) is 11.1 Å². The summed E-state index contributed by atoms with van der Waals surface area (Å²) in [6.07, 6.45) is 3.49. The molecule has 2 heterocycles. The van der Waals surface area contributed by atoms with Crippen LogP contribution in [0.1, 0.15) is 19.5 Å². The highest BCUT2D eigenvalue weighted by molar-refractivity contribution is 5.63. The molecule has 82 valence electrons. The molecule has 0 amide bonds. The molecule has 1 aliphatic rings. The van der Waals surface area contributed by atoms with Crippen molar-refractivity contribution in [2.45, 2.75) is 26.8 Å². The number of fused-ring (bicyclic) bond motifs is 1. The van der Waals surface area contributed by atoms with Gasteiger partial charge in [0, 0.05) is 18.4 Å². The lowest BCUT2D eigenvalue weighted by Gasteiger charge is -2.15. The SMILES string of the molecule is CC1(C)Cc2cc(-c3ccccc3)cn2C1. The summed E-state index contributed by atoms with van der Waals surface area (Å²) in [6.45, 7) is 5.82. The molecule has 0 unspecified atom stereocenters. The number of rotatable bonds is 1. The van der Waals surface area contributed by atoms with Crippen LogP contribution in [-0.4, -0.2) is 4.57 Å². The van der Waals surface area contributed by atoms with Gasteiger partial charge in [0.25, 0.3) is 0 Å². The highest BCUT2D eigenvalue weighted by Crippen LogP contribution is 2.35. The van der Waals surface area contributed by atoms with Crippen molar-refractivity contribution in [2.24, 2.45) is 5.41 Å². The zero-order valence-corrected chi connectivity index (χ0v) is 9.90. The van der Waals surface area contributed by atoms with E-state index < -0.39 is 0 Å². The van der Waals surface area contributed by atoms with Crippen molar-refractivity contribution in [1.29, 1.82) is 0 Å². The number of aromatic nitrogens is 1. The van der Waals surface area contributed by atoms with E-state index in [1.807, 2.05) is 0 Å². The Bertz CT molecular complexity index is 480. The van der Waals surface area contributed by atoms with Crippen LogP contribution in [0.15, 0.2) is 42.6 Å². The summed E-state index contributed by atoms with van der Waals surface area (Å²) >= 11 is 0. The maximum Gasteiger partial charge on any atom is 0.0277 e. The summed E-state index contributed by atoms with van der Waals surface area (Å²) in [5.74, 6) is 0. The molecule has 0 radical (unpaired) electrons. The van der Waals surface area contributed by atoms with Gasteiger partial charge in [0.1, 0.15) is 0 Å². The Morgan fingerprint density at radius 2 is 1.81 bits per heavy atom. The van der Waals surface area contributed by atoms with Crippen LogP contribution in [0.3, 0.4) is 0 Å². The fourth-order valence-corrected chi connectivity index (χ4v) is 2.65. The molecule has 1 aromatic heterocycles. The van der Waals surface area contributed by atoms with Crippen LogP contribution in [0.5, 0.6) is 0 Å². The van der Waals surface area contributed by atoms with Crippen molar-refractivity contribution in [3.63, 3.8) is 0 Å². The smallest absolute Gasteiger partial charge is 0.0277 e. The molecular formula is C15H17N. The zero-order chi connectivity index (χ0) is 11.2. The van der Waals surface area contributed by atoms with Crippen LogP contribution in [0, 0.1) is 5.41 Å². The molecule has 1 nitrogen and oxygen atoms in total. The summed E-state index contributed by atoms with van der Waals surface area (Å²) in [5, 5.41) is 0. The lowest BCUT2D eigenvalue weighted by atomic mass is 9.91. The summed E-state index contributed by atoms with van der Waals surface area (Å²) in [5.41, 5.74) is 4.59. The third kappa shape index (κ3) is 1.57. The molecule has 0 bridgehead atoms. The van der Waals surface area contributed by atoms with E-state index in [9.17, 15) is 0 Å². The van der Waals surface area contributed by atoms with Gasteiger partial charge in [0.05, 0.1) is 0 Å². The molecule has 1 aliphatic heterocycles. The molecular weight excluding hydrogens is 194 g/mol. The topological polar surface area (TPSA) is 4.93 Å². The van der Waals surface area contributed by atoms with Gasteiger partial charge >= 0.3 is 0 Å². The first kappa shape index (κ1) is 9.71.